The smallest absolute Gasteiger partial charge is 0.0687 e. The summed E-state index contributed by atoms with van der Waals surface area (Å²) in [5.74, 6) is 0. The Hall–Kier alpha value is -0.303. The minimum atomic E-state index is -0.989. The molecule has 2 aliphatic rings. The topological polar surface area (TPSA) is 0 Å². The summed E-state index contributed by atoms with van der Waals surface area (Å²) in [5, 5.41) is 2.18. The van der Waals surface area contributed by atoms with Gasteiger partial charge in [-0.05, 0) is 25.5 Å². The average Bonchev–Trinajstić information content (AvgIpc) is 2.08. The van der Waals surface area contributed by atoms with Crippen molar-refractivity contribution in [3.8, 4) is 0 Å². The van der Waals surface area contributed by atoms with Crippen molar-refractivity contribution in [2.45, 2.75) is 38.9 Å². The Morgan fingerprint density at radius 2 is 1.82 bits per heavy atom. The van der Waals surface area contributed by atoms with Gasteiger partial charge in [-0.3, -0.25) is 0 Å². The van der Waals surface area contributed by atoms with Gasteiger partial charge in [0.2, 0.25) is 0 Å². The molecular weight excluding hydrogens is 148 g/mol. The maximum Gasteiger partial charge on any atom is 0.0910 e. The predicted octanol–water partition coefficient (Wildman–Crippen LogP) is 3.09. The van der Waals surface area contributed by atoms with E-state index in [9.17, 15) is 0 Å². The van der Waals surface area contributed by atoms with E-state index in [0.717, 1.165) is 0 Å². The van der Waals surface area contributed by atoms with Crippen LogP contribution in [0.25, 0.3) is 0 Å². The van der Waals surface area contributed by atoms with Crippen molar-refractivity contribution in [1.29, 1.82) is 0 Å². The van der Waals surface area contributed by atoms with Gasteiger partial charge in [0.15, 0.2) is 0 Å². The summed E-state index contributed by atoms with van der Waals surface area (Å²) in [4.78, 5) is 0. The van der Waals surface area contributed by atoms with Crippen LogP contribution in [0.15, 0.2) is 16.3 Å². The molecule has 1 unspecified atom stereocenters. The van der Waals surface area contributed by atoms with E-state index in [1.54, 1.807) is 10.8 Å². The molecule has 1 heteroatoms. The molecule has 1 atom stereocenters. The Balaban J connectivity index is 2.56. The van der Waals surface area contributed by atoms with E-state index in [2.05, 4.69) is 39.9 Å². The molecule has 1 heterocycles. The summed E-state index contributed by atoms with van der Waals surface area (Å²) < 4.78 is 0. The molecule has 0 amide bonds. The van der Waals surface area contributed by atoms with E-state index in [-0.39, 0.29) is 0 Å². The molecule has 0 bridgehead atoms. The quantitative estimate of drug-likeness (QED) is 0.481. The van der Waals surface area contributed by atoms with Crippen molar-refractivity contribution in [3.05, 3.63) is 22.4 Å². The van der Waals surface area contributed by atoms with Crippen LogP contribution in [-0.4, -0.2) is 8.07 Å². The Labute approximate surface area is 70.0 Å². The highest BCUT2D eigenvalue weighted by Gasteiger charge is 2.66. The minimum absolute atomic E-state index is 0.432. The molecule has 0 spiro atoms. The van der Waals surface area contributed by atoms with E-state index < -0.39 is 8.07 Å². The summed E-state index contributed by atoms with van der Waals surface area (Å²) in [6.45, 7) is 11.7. The van der Waals surface area contributed by atoms with E-state index in [4.69, 9.17) is 0 Å². The minimum Gasteiger partial charge on any atom is -0.0687 e. The molecule has 0 N–H and O–H groups in total. The van der Waals surface area contributed by atoms with Gasteiger partial charge in [-0.15, -0.1) is 0 Å². The van der Waals surface area contributed by atoms with Crippen LogP contribution in [0.5, 0.6) is 0 Å². The van der Waals surface area contributed by atoms with Crippen molar-refractivity contribution in [2.24, 2.45) is 0 Å². The number of hydrogen-bond donors (Lipinski definition) is 0. The zero-order chi connectivity index (χ0) is 8.44. The standard InChI is InChI=1S/C10H15Si/c1-7-6-10(3)9(8(7)2)11(10,4)5/h1-5H3. The Bertz CT molecular complexity index is 294. The van der Waals surface area contributed by atoms with Gasteiger partial charge in [-0.25, -0.2) is 0 Å². The van der Waals surface area contributed by atoms with E-state index in [1.807, 2.05) is 0 Å². The molecule has 1 radical (unpaired) electrons. The molecule has 2 rings (SSSR count). The second kappa shape index (κ2) is 1.56. The first-order valence-corrected chi connectivity index (χ1v) is 7.25. The fourth-order valence-electron chi connectivity index (χ4n) is 2.56. The molecule has 59 valence electrons. The highest BCUT2D eigenvalue weighted by molar-refractivity contribution is 7.01. The van der Waals surface area contributed by atoms with Crippen molar-refractivity contribution in [3.63, 3.8) is 0 Å². The number of hydrogen-bond acceptors (Lipinski definition) is 0. The molecule has 0 nitrogen and oxygen atoms in total. The average molecular weight is 163 g/mol. The van der Waals surface area contributed by atoms with Gasteiger partial charge < -0.3 is 0 Å². The number of rotatable bonds is 0. The van der Waals surface area contributed by atoms with Crippen LogP contribution < -0.4 is 0 Å². The van der Waals surface area contributed by atoms with E-state index >= 15 is 0 Å². The molecule has 0 aromatic heterocycles. The Morgan fingerprint density at radius 1 is 1.27 bits per heavy atom. The van der Waals surface area contributed by atoms with Gasteiger partial charge in [0.1, 0.15) is 0 Å². The van der Waals surface area contributed by atoms with Crippen LogP contribution in [0.2, 0.25) is 18.1 Å². The van der Waals surface area contributed by atoms with Crippen LogP contribution in [0.3, 0.4) is 0 Å². The molecule has 11 heavy (non-hydrogen) atoms. The van der Waals surface area contributed by atoms with Crippen molar-refractivity contribution < 1.29 is 0 Å². The maximum absolute atomic E-state index is 3.61. The third kappa shape index (κ3) is 0.572. The molecule has 1 fully saturated rings. The zero-order valence-electron chi connectivity index (χ0n) is 8.00. The molecule has 0 saturated carbocycles. The number of fused-ring (bicyclic) bond motifs is 1. The Morgan fingerprint density at radius 3 is 2.09 bits per heavy atom. The summed E-state index contributed by atoms with van der Waals surface area (Å²) in [6, 6.07) is 0. The zero-order valence-corrected chi connectivity index (χ0v) is 9.00. The van der Waals surface area contributed by atoms with Crippen molar-refractivity contribution in [1.82, 2.24) is 0 Å². The van der Waals surface area contributed by atoms with E-state index in [0.29, 0.717) is 5.04 Å². The monoisotopic (exact) mass is 163 g/mol. The van der Waals surface area contributed by atoms with Crippen LogP contribution in [-0.2, 0) is 0 Å². The van der Waals surface area contributed by atoms with Gasteiger partial charge in [-0.1, -0.05) is 30.8 Å². The fourth-order valence-corrected chi connectivity index (χ4v) is 6.88. The SMILES string of the molecule is CC1=[C]C2(C)C(=C1C)[Si]2(C)C. The fraction of sp³-hybridized carbons (Fsp3) is 0.600. The van der Waals surface area contributed by atoms with Gasteiger partial charge in [0, 0.05) is 5.04 Å². The summed E-state index contributed by atoms with van der Waals surface area (Å²) in [5.41, 5.74) is 2.94. The third-order valence-corrected chi connectivity index (χ3v) is 8.44. The van der Waals surface area contributed by atoms with Crippen LogP contribution >= 0.6 is 0 Å². The molecule has 1 saturated heterocycles. The largest absolute Gasteiger partial charge is 0.0910 e. The lowest BCUT2D eigenvalue weighted by Gasteiger charge is -2.07. The Kier molecular flexibility index (Phi) is 1.04. The highest BCUT2D eigenvalue weighted by atomic mass is 28.3. The first-order chi connectivity index (χ1) is 4.91. The predicted molar refractivity (Wildman–Crippen MR) is 51.0 cm³/mol. The van der Waals surface area contributed by atoms with Crippen LogP contribution in [0.4, 0.5) is 0 Å². The lowest BCUT2D eigenvalue weighted by molar-refractivity contribution is 1.00. The number of allylic oxidation sites excluding steroid dienone is 4. The lowest BCUT2D eigenvalue weighted by atomic mass is 10.2. The summed E-state index contributed by atoms with van der Waals surface area (Å²) >= 11 is 0. The van der Waals surface area contributed by atoms with E-state index in [1.165, 1.54) is 5.57 Å². The summed E-state index contributed by atoms with van der Waals surface area (Å²) in [7, 11) is -0.989. The first kappa shape index (κ1) is 7.35. The van der Waals surface area contributed by atoms with Gasteiger partial charge >= 0.3 is 0 Å². The second-order valence-electron chi connectivity index (χ2n) is 4.50. The van der Waals surface area contributed by atoms with Gasteiger partial charge in [-0.2, -0.15) is 0 Å². The molecular formula is C10H15Si. The molecule has 1 aliphatic heterocycles. The van der Waals surface area contributed by atoms with Gasteiger partial charge in [0.25, 0.3) is 0 Å². The molecule has 1 aliphatic carbocycles. The lowest BCUT2D eigenvalue weighted by Crippen LogP contribution is -2.10. The van der Waals surface area contributed by atoms with Crippen molar-refractivity contribution >= 4 is 8.07 Å². The van der Waals surface area contributed by atoms with Crippen molar-refractivity contribution in [2.75, 3.05) is 0 Å². The molecule has 0 aromatic rings. The normalized spacial score (nSPS) is 38.8. The third-order valence-electron chi connectivity index (χ3n) is 3.69. The molecule has 0 aromatic carbocycles. The first-order valence-electron chi connectivity index (χ1n) is 4.25. The maximum atomic E-state index is 3.61. The van der Waals surface area contributed by atoms with Crippen LogP contribution in [0, 0.1) is 6.08 Å². The van der Waals surface area contributed by atoms with Gasteiger partial charge in [0.05, 0.1) is 8.07 Å². The second-order valence-corrected chi connectivity index (χ2v) is 9.25. The highest BCUT2D eigenvalue weighted by Crippen LogP contribution is 2.71. The van der Waals surface area contributed by atoms with Crippen LogP contribution in [0.1, 0.15) is 20.8 Å². The summed E-state index contributed by atoms with van der Waals surface area (Å²) in [6.07, 6.45) is 3.61.